The Morgan fingerprint density at radius 3 is 2.44 bits per heavy atom. The predicted octanol–water partition coefficient (Wildman–Crippen LogP) is 0.592. The number of carbonyl (C=O) groups is 2. The molecule has 1 N–H and O–H groups in total. The maximum absolute atomic E-state index is 11.9. The van der Waals surface area contributed by atoms with Crippen LogP contribution in [0.4, 0.5) is 0 Å². The summed E-state index contributed by atoms with van der Waals surface area (Å²) in [4.78, 5) is 24.3. The first-order valence-corrected chi connectivity index (χ1v) is 5.54. The molecule has 1 saturated carbocycles. The highest BCUT2D eigenvalue weighted by Crippen LogP contribution is 2.35. The van der Waals surface area contributed by atoms with Crippen molar-refractivity contribution in [1.82, 2.24) is 4.90 Å². The second kappa shape index (κ2) is 5.84. The van der Waals surface area contributed by atoms with Crippen LogP contribution in [0.15, 0.2) is 0 Å². The third kappa shape index (κ3) is 2.95. The van der Waals surface area contributed by atoms with E-state index in [0.717, 1.165) is 6.42 Å². The number of hydrogen-bond acceptors (Lipinski definition) is 3. The average Bonchev–Trinajstić information content (AvgIpc) is 2.15. The summed E-state index contributed by atoms with van der Waals surface area (Å²) in [6.45, 7) is 1.24. The molecule has 0 spiro atoms. The van der Waals surface area contributed by atoms with Gasteiger partial charge in [0.15, 0.2) is 0 Å². The maximum Gasteiger partial charge on any atom is 0.307 e. The molecule has 2 atom stereocenters. The van der Waals surface area contributed by atoms with Crippen LogP contribution >= 0.6 is 0 Å². The van der Waals surface area contributed by atoms with Crippen molar-refractivity contribution >= 4 is 11.9 Å². The van der Waals surface area contributed by atoms with Gasteiger partial charge in [0.05, 0.1) is 11.8 Å². The van der Waals surface area contributed by atoms with Crippen LogP contribution in [0.3, 0.4) is 0 Å². The Hall–Kier alpha value is -1.10. The minimum absolute atomic E-state index is 0.0465. The zero-order chi connectivity index (χ0) is 12.1. The molecule has 0 aromatic rings. The fourth-order valence-electron chi connectivity index (χ4n) is 1.93. The van der Waals surface area contributed by atoms with E-state index in [-0.39, 0.29) is 11.8 Å². The molecular weight excluding hydrogens is 210 g/mol. The van der Waals surface area contributed by atoms with E-state index in [2.05, 4.69) is 0 Å². The van der Waals surface area contributed by atoms with Crippen LogP contribution in [-0.4, -0.2) is 49.2 Å². The van der Waals surface area contributed by atoms with E-state index in [1.165, 1.54) is 0 Å². The van der Waals surface area contributed by atoms with Gasteiger partial charge in [-0.15, -0.1) is 0 Å². The number of carbonyl (C=O) groups excluding carboxylic acids is 1. The summed E-state index contributed by atoms with van der Waals surface area (Å²) in [5.74, 6) is -1.69. The third-order valence-electron chi connectivity index (χ3n) is 3.13. The van der Waals surface area contributed by atoms with E-state index in [1.807, 2.05) is 0 Å². The van der Waals surface area contributed by atoms with Crippen molar-refractivity contribution in [1.29, 1.82) is 0 Å². The fourth-order valence-corrected chi connectivity index (χ4v) is 1.93. The van der Waals surface area contributed by atoms with Gasteiger partial charge in [0.1, 0.15) is 0 Å². The highest BCUT2D eigenvalue weighted by atomic mass is 16.5. The molecule has 1 aliphatic carbocycles. The van der Waals surface area contributed by atoms with Gasteiger partial charge in [0, 0.05) is 27.3 Å². The van der Waals surface area contributed by atoms with Gasteiger partial charge in [0.2, 0.25) is 5.91 Å². The molecule has 0 aromatic heterocycles. The molecule has 2 unspecified atom stereocenters. The van der Waals surface area contributed by atoms with Crippen LogP contribution in [-0.2, 0) is 14.3 Å². The molecule has 1 amide bonds. The van der Waals surface area contributed by atoms with E-state index >= 15 is 0 Å². The number of hydrogen-bond donors (Lipinski definition) is 1. The first-order valence-electron chi connectivity index (χ1n) is 5.54. The molecule has 5 nitrogen and oxygen atoms in total. The van der Waals surface area contributed by atoms with Gasteiger partial charge in [-0.3, -0.25) is 9.59 Å². The number of carboxylic acids is 1. The summed E-state index contributed by atoms with van der Waals surface area (Å²) in [7, 11) is 3.34. The van der Waals surface area contributed by atoms with Crippen molar-refractivity contribution < 1.29 is 19.4 Å². The number of carboxylic acid groups (broad SMARTS) is 1. The van der Waals surface area contributed by atoms with Crippen LogP contribution in [0.2, 0.25) is 0 Å². The third-order valence-corrected chi connectivity index (χ3v) is 3.13. The normalized spacial score (nSPS) is 23.6. The van der Waals surface area contributed by atoms with Gasteiger partial charge in [-0.05, 0) is 19.3 Å². The van der Waals surface area contributed by atoms with Gasteiger partial charge in [-0.1, -0.05) is 0 Å². The van der Waals surface area contributed by atoms with Crippen molar-refractivity contribution in [3.8, 4) is 0 Å². The largest absolute Gasteiger partial charge is 0.481 e. The standard InChI is InChI=1S/C11H19NO4/c1-12(6-3-7-16-2)10(13)8-4-5-9(8)11(14)15/h8-9H,3-7H2,1-2H3,(H,14,15). The summed E-state index contributed by atoms with van der Waals surface area (Å²) in [6, 6.07) is 0. The quantitative estimate of drug-likeness (QED) is 0.677. The van der Waals surface area contributed by atoms with Crippen LogP contribution in [0.1, 0.15) is 19.3 Å². The van der Waals surface area contributed by atoms with Gasteiger partial charge >= 0.3 is 5.97 Å². The average molecular weight is 229 g/mol. The molecular formula is C11H19NO4. The Morgan fingerprint density at radius 2 is 2.00 bits per heavy atom. The monoisotopic (exact) mass is 229 g/mol. The van der Waals surface area contributed by atoms with E-state index in [9.17, 15) is 9.59 Å². The second-order valence-corrected chi connectivity index (χ2v) is 4.23. The SMILES string of the molecule is COCCCN(C)C(=O)C1CCC1C(=O)O. The fraction of sp³-hybridized carbons (Fsp3) is 0.818. The van der Waals surface area contributed by atoms with Gasteiger partial charge in [0.25, 0.3) is 0 Å². The Morgan fingerprint density at radius 1 is 1.38 bits per heavy atom. The first kappa shape index (κ1) is 13.0. The summed E-state index contributed by atoms with van der Waals surface area (Å²) in [5.41, 5.74) is 0. The Labute approximate surface area is 95.4 Å². The Kier molecular flexibility index (Phi) is 4.73. The lowest BCUT2D eigenvalue weighted by atomic mass is 9.73. The minimum Gasteiger partial charge on any atom is -0.481 e. The van der Waals surface area contributed by atoms with Crippen LogP contribution in [0, 0.1) is 11.8 Å². The molecule has 0 bridgehead atoms. The summed E-state index contributed by atoms with van der Waals surface area (Å²) >= 11 is 0. The highest BCUT2D eigenvalue weighted by Gasteiger charge is 2.42. The van der Waals surface area contributed by atoms with Gasteiger partial charge in [-0.2, -0.15) is 0 Å². The van der Waals surface area contributed by atoms with Crippen molar-refractivity contribution in [3.63, 3.8) is 0 Å². The zero-order valence-electron chi connectivity index (χ0n) is 9.81. The molecule has 16 heavy (non-hydrogen) atoms. The molecule has 0 saturated heterocycles. The maximum atomic E-state index is 11.9. The molecule has 0 aliphatic heterocycles. The van der Waals surface area contributed by atoms with Gasteiger partial charge in [-0.25, -0.2) is 0 Å². The van der Waals surface area contributed by atoms with Crippen molar-refractivity contribution in [3.05, 3.63) is 0 Å². The molecule has 92 valence electrons. The van der Waals surface area contributed by atoms with E-state index in [0.29, 0.717) is 26.0 Å². The van der Waals surface area contributed by atoms with Crippen molar-refractivity contribution in [2.45, 2.75) is 19.3 Å². The number of aliphatic carboxylic acids is 1. The number of nitrogens with zero attached hydrogens (tertiary/aromatic N) is 1. The first-order chi connectivity index (χ1) is 7.57. The predicted molar refractivity (Wildman–Crippen MR) is 58.0 cm³/mol. The van der Waals surface area contributed by atoms with Gasteiger partial charge < -0.3 is 14.7 Å². The highest BCUT2D eigenvalue weighted by molar-refractivity contribution is 5.86. The lowest BCUT2D eigenvalue weighted by Gasteiger charge is -2.34. The van der Waals surface area contributed by atoms with E-state index in [1.54, 1.807) is 19.1 Å². The topological polar surface area (TPSA) is 66.8 Å². The summed E-state index contributed by atoms with van der Waals surface area (Å²) in [6.07, 6.45) is 2.10. The molecule has 0 aromatic carbocycles. The van der Waals surface area contributed by atoms with E-state index < -0.39 is 11.9 Å². The summed E-state index contributed by atoms with van der Waals surface area (Å²) in [5, 5.41) is 8.86. The number of methoxy groups -OCH3 is 1. The smallest absolute Gasteiger partial charge is 0.307 e. The number of amides is 1. The molecule has 0 radical (unpaired) electrons. The molecule has 1 fully saturated rings. The van der Waals surface area contributed by atoms with E-state index in [4.69, 9.17) is 9.84 Å². The van der Waals surface area contributed by atoms with Crippen LogP contribution in [0.5, 0.6) is 0 Å². The summed E-state index contributed by atoms with van der Waals surface area (Å²) < 4.78 is 4.90. The van der Waals surface area contributed by atoms with Crippen LogP contribution in [0.25, 0.3) is 0 Å². The molecule has 1 rings (SSSR count). The second-order valence-electron chi connectivity index (χ2n) is 4.23. The number of rotatable bonds is 6. The lowest BCUT2D eigenvalue weighted by molar-refractivity contribution is -0.156. The molecule has 0 heterocycles. The minimum atomic E-state index is -0.852. The Bertz CT molecular complexity index is 267. The van der Waals surface area contributed by atoms with Crippen molar-refractivity contribution in [2.75, 3.05) is 27.3 Å². The van der Waals surface area contributed by atoms with Crippen LogP contribution < -0.4 is 0 Å². The lowest BCUT2D eigenvalue weighted by Crippen LogP contribution is -2.45. The molecule has 5 heteroatoms. The number of ether oxygens (including phenoxy) is 1. The zero-order valence-corrected chi connectivity index (χ0v) is 9.81. The Balaban J connectivity index is 2.36. The van der Waals surface area contributed by atoms with Crippen molar-refractivity contribution in [2.24, 2.45) is 11.8 Å². The molecule has 1 aliphatic rings.